The van der Waals surface area contributed by atoms with E-state index in [1.807, 2.05) is 0 Å². The lowest BCUT2D eigenvalue weighted by Gasteiger charge is -2.05. The molecule has 1 heterocycles. The summed E-state index contributed by atoms with van der Waals surface area (Å²) in [6.07, 6.45) is 3.99. The maximum Gasteiger partial charge on any atom is 0.137 e. The maximum absolute atomic E-state index is 5.34. The van der Waals surface area contributed by atoms with E-state index in [-0.39, 0.29) is 0 Å². The van der Waals surface area contributed by atoms with Crippen molar-refractivity contribution in [2.75, 3.05) is 19.8 Å². The second kappa shape index (κ2) is 6.03. The zero-order chi connectivity index (χ0) is 8.65. The van der Waals surface area contributed by atoms with Gasteiger partial charge in [0.2, 0.25) is 0 Å². The predicted molar refractivity (Wildman–Crippen MR) is 45.5 cm³/mol. The van der Waals surface area contributed by atoms with Crippen molar-refractivity contribution in [3.63, 3.8) is 0 Å². The molecule has 1 saturated heterocycles. The Kier molecular flexibility index (Phi) is 4.80. The number of rotatable bonds is 0. The van der Waals surface area contributed by atoms with E-state index in [9.17, 15) is 0 Å². The van der Waals surface area contributed by atoms with Gasteiger partial charge in [0.15, 0.2) is 0 Å². The summed E-state index contributed by atoms with van der Waals surface area (Å²) in [5.41, 5.74) is 0. The molecular formula is C9H16O3. The summed E-state index contributed by atoms with van der Waals surface area (Å²) in [7, 11) is 0. The van der Waals surface area contributed by atoms with Gasteiger partial charge >= 0.3 is 0 Å². The van der Waals surface area contributed by atoms with Crippen LogP contribution in [0.5, 0.6) is 0 Å². The molecule has 0 N–H and O–H groups in total. The van der Waals surface area contributed by atoms with Crippen molar-refractivity contribution in [3.8, 4) is 0 Å². The minimum Gasteiger partial charge on any atom is -0.381 e. The zero-order valence-electron chi connectivity index (χ0n) is 7.38. The van der Waals surface area contributed by atoms with E-state index in [4.69, 9.17) is 14.5 Å². The highest BCUT2D eigenvalue weighted by Crippen LogP contribution is 2.05. The highest BCUT2D eigenvalue weighted by atomic mass is 17.2. The van der Waals surface area contributed by atoms with Crippen molar-refractivity contribution in [2.45, 2.75) is 25.7 Å². The van der Waals surface area contributed by atoms with Gasteiger partial charge in [-0.3, -0.25) is 0 Å². The van der Waals surface area contributed by atoms with E-state index in [0.29, 0.717) is 19.0 Å². The van der Waals surface area contributed by atoms with E-state index in [2.05, 4.69) is 6.58 Å². The quantitative estimate of drug-likeness (QED) is 0.523. The molecule has 12 heavy (non-hydrogen) atoms. The van der Waals surface area contributed by atoms with E-state index in [1.54, 1.807) is 0 Å². The molecule has 0 aromatic heterocycles. The van der Waals surface area contributed by atoms with Gasteiger partial charge in [-0.15, -0.1) is 0 Å². The average Bonchev–Trinajstić information content (AvgIpc) is 2.11. The van der Waals surface area contributed by atoms with Gasteiger partial charge in [0, 0.05) is 13.0 Å². The molecule has 0 bridgehead atoms. The van der Waals surface area contributed by atoms with Crippen LogP contribution in [0.4, 0.5) is 0 Å². The van der Waals surface area contributed by atoms with Gasteiger partial charge in [0.05, 0.1) is 13.2 Å². The fraction of sp³-hybridized carbons (Fsp3) is 0.778. The first-order valence-electron chi connectivity index (χ1n) is 4.44. The van der Waals surface area contributed by atoms with Crippen molar-refractivity contribution in [2.24, 2.45) is 0 Å². The summed E-state index contributed by atoms with van der Waals surface area (Å²) in [6.45, 7) is 5.87. The Hall–Kier alpha value is -0.540. The Morgan fingerprint density at radius 3 is 2.75 bits per heavy atom. The van der Waals surface area contributed by atoms with Crippen molar-refractivity contribution < 1.29 is 14.5 Å². The molecule has 0 amide bonds. The average molecular weight is 172 g/mol. The molecule has 3 nitrogen and oxygen atoms in total. The molecule has 0 unspecified atom stereocenters. The largest absolute Gasteiger partial charge is 0.381 e. The summed E-state index contributed by atoms with van der Waals surface area (Å²) in [6, 6.07) is 0. The van der Waals surface area contributed by atoms with Gasteiger partial charge < -0.3 is 9.62 Å². The standard InChI is InChI=1S/C9H16O3/c1-9-5-8-10-6-3-2-4-7-11-12-9/h1-8H2. The van der Waals surface area contributed by atoms with Crippen LogP contribution in [0.25, 0.3) is 0 Å². The monoisotopic (exact) mass is 172 g/mol. The van der Waals surface area contributed by atoms with Crippen LogP contribution in [0.1, 0.15) is 25.7 Å². The van der Waals surface area contributed by atoms with Crippen LogP contribution in [-0.4, -0.2) is 19.8 Å². The minimum atomic E-state index is 0.650. The zero-order valence-corrected chi connectivity index (χ0v) is 7.38. The van der Waals surface area contributed by atoms with E-state index in [0.717, 1.165) is 32.3 Å². The Morgan fingerprint density at radius 1 is 1.00 bits per heavy atom. The number of ether oxygens (including phenoxy) is 1. The molecule has 0 saturated carbocycles. The summed E-state index contributed by atoms with van der Waals surface area (Å²) in [5, 5.41) is 0. The fourth-order valence-corrected chi connectivity index (χ4v) is 0.997. The molecule has 0 aromatic carbocycles. The Balaban J connectivity index is 2.17. The number of hydrogen-bond acceptors (Lipinski definition) is 3. The van der Waals surface area contributed by atoms with Crippen LogP contribution < -0.4 is 0 Å². The maximum atomic E-state index is 5.34. The third kappa shape index (κ3) is 4.36. The summed E-state index contributed by atoms with van der Waals surface area (Å²) >= 11 is 0. The topological polar surface area (TPSA) is 27.7 Å². The minimum absolute atomic E-state index is 0.650. The van der Waals surface area contributed by atoms with Gasteiger partial charge in [0.25, 0.3) is 0 Å². The van der Waals surface area contributed by atoms with Crippen molar-refractivity contribution in [1.82, 2.24) is 0 Å². The third-order valence-electron chi connectivity index (χ3n) is 1.72. The molecule has 3 heteroatoms. The van der Waals surface area contributed by atoms with Crippen LogP contribution in [0.3, 0.4) is 0 Å². The van der Waals surface area contributed by atoms with Crippen LogP contribution in [0, 0.1) is 0 Å². The molecule has 0 radical (unpaired) electrons. The molecule has 1 rings (SSSR count). The van der Waals surface area contributed by atoms with Crippen molar-refractivity contribution in [1.29, 1.82) is 0 Å². The molecule has 0 spiro atoms. The predicted octanol–water partition coefficient (Wildman–Crippen LogP) is 2.04. The van der Waals surface area contributed by atoms with Crippen LogP contribution >= 0.6 is 0 Å². The lowest BCUT2D eigenvalue weighted by atomic mass is 10.2. The SMILES string of the molecule is C=C1CCOCCCCCOO1. The normalized spacial score (nSPS) is 22.5. The van der Waals surface area contributed by atoms with Crippen LogP contribution in [0.15, 0.2) is 12.3 Å². The fourth-order valence-electron chi connectivity index (χ4n) is 0.997. The molecule has 0 aliphatic carbocycles. The van der Waals surface area contributed by atoms with Crippen LogP contribution in [-0.2, 0) is 14.5 Å². The second-order valence-electron chi connectivity index (χ2n) is 2.87. The van der Waals surface area contributed by atoms with Gasteiger partial charge in [-0.25, -0.2) is 0 Å². The second-order valence-corrected chi connectivity index (χ2v) is 2.87. The molecule has 0 atom stereocenters. The van der Waals surface area contributed by atoms with Gasteiger partial charge in [-0.05, 0) is 19.3 Å². The number of hydrogen-bond donors (Lipinski definition) is 0. The Bertz CT molecular complexity index is 120. The summed E-state index contributed by atoms with van der Waals surface area (Å²) < 4.78 is 5.34. The highest BCUT2D eigenvalue weighted by Gasteiger charge is 2.00. The molecule has 1 aliphatic heterocycles. The smallest absolute Gasteiger partial charge is 0.137 e. The molecule has 70 valence electrons. The first-order chi connectivity index (χ1) is 5.89. The van der Waals surface area contributed by atoms with Gasteiger partial charge in [-0.1, -0.05) is 6.58 Å². The lowest BCUT2D eigenvalue weighted by molar-refractivity contribution is -0.264. The van der Waals surface area contributed by atoms with E-state index < -0.39 is 0 Å². The lowest BCUT2D eigenvalue weighted by Crippen LogP contribution is -1.99. The van der Waals surface area contributed by atoms with E-state index in [1.165, 1.54) is 0 Å². The third-order valence-corrected chi connectivity index (χ3v) is 1.72. The molecule has 1 fully saturated rings. The Labute approximate surface area is 73.2 Å². The highest BCUT2D eigenvalue weighted by molar-refractivity contribution is 4.79. The van der Waals surface area contributed by atoms with Crippen molar-refractivity contribution >= 4 is 0 Å². The first kappa shape index (κ1) is 9.55. The molecular weight excluding hydrogens is 156 g/mol. The van der Waals surface area contributed by atoms with Gasteiger partial charge in [0.1, 0.15) is 5.76 Å². The first-order valence-corrected chi connectivity index (χ1v) is 4.44. The van der Waals surface area contributed by atoms with Gasteiger partial charge in [-0.2, -0.15) is 4.89 Å². The molecule has 0 aromatic rings. The van der Waals surface area contributed by atoms with Crippen LogP contribution in [0.2, 0.25) is 0 Å². The summed E-state index contributed by atoms with van der Waals surface area (Å²) in [5.74, 6) is 0.650. The Morgan fingerprint density at radius 2 is 1.83 bits per heavy atom. The van der Waals surface area contributed by atoms with E-state index >= 15 is 0 Å². The molecule has 1 aliphatic rings. The van der Waals surface area contributed by atoms with Crippen molar-refractivity contribution in [3.05, 3.63) is 12.3 Å². The summed E-state index contributed by atoms with van der Waals surface area (Å²) in [4.78, 5) is 9.82.